The number of para-hydroxylation sites is 2. The zero-order valence-electron chi connectivity index (χ0n) is 18.2. The molecule has 0 saturated heterocycles. The van der Waals surface area contributed by atoms with Gasteiger partial charge in [-0.05, 0) is 43.5 Å². The van der Waals surface area contributed by atoms with Gasteiger partial charge in [0, 0.05) is 6.42 Å². The van der Waals surface area contributed by atoms with E-state index < -0.39 is 12.0 Å². The highest BCUT2D eigenvalue weighted by Crippen LogP contribution is 2.41. The zero-order chi connectivity index (χ0) is 22.0. The molecule has 2 nitrogen and oxygen atoms in total. The van der Waals surface area contributed by atoms with Crippen LogP contribution in [-0.4, -0.2) is 12.0 Å². The third-order valence-corrected chi connectivity index (χ3v) is 5.28. The molecule has 0 aromatic heterocycles. The number of ether oxygens (including phenoxy) is 2. The van der Waals surface area contributed by atoms with Gasteiger partial charge in [0.15, 0.2) is 0 Å². The van der Waals surface area contributed by atoms with Crippen molar-refractivity contribution < 1.29 is 22.6 Å². The Morgan fingerprint density at radius 1 is 0.667 bits per heavy atom. The summed E-state index contributed by atoms with van der Waals surface area (Å²) in [5.74, 6) is -2.35. The molecule has 0 bridgehead atoms. The number of hydrogen-bond acceptors (Lipinski definition) is 2. The van der Waals surface area contributed by atoms with E-state index >= 15 is 0 Å². The molecule has 30 heavy (non-hydrogen) atoms. The number of alkyl halides is 3. The van der Waals surface area contributed by atoms with E-state index in [1.807, 2.05) is 0 Å². The summed E-state index contributed by atoms with van der Waals surface area (Å²) in [5.41, 5.74) is 1.28. The van der Waals surface area contributed by atoms with Crippen LogP contribution in [-0.2, 0) is 0 Å². The second-order valence-electron chi connectivity index (χ2n) is 7.86. The lowest BCUT2D eigenvalue weighted by Crippen LogP contribution is -2.55. The maximum atomic E-state index is 14.4. The summed E-state index contributed by atoms with van der Waals surface area (Å²) >= 11 is 0. The van der Waals surface area contributed by atoms with E-state index in [-0.39, 0.29) is 17.9 Å². The summed E-state index contributed by atoms with van der Waals surface area (Å²) in [6.45, 7) is 5.61. The Hall–Kier alpha value is -2.17. The topological polar surface area (TPSA) is 18.5 Å². The summed E-state index contributed by atoms with van der Waals surface area (Å²) in [6.07, 6.45) is 1.55. The molecule has 0 heterocycles. The predicted octanol–water partition coefficient (Wildman–Crippen LogP) is 8.16. The van der Waals surface area contributed by atoms with Crippen molar-refractivity contribution in [3.8, 4) is 11.5 Å². The molecule has 2 aromatic rings. The van der Waals surface area contributed by atoms with E-state index in [2.05, 4.69) is 6.92 Å². The minimum atomic E-state index is -4.69. The predicted molar refractivity (Wildman–Crippen MR) is 115 cm³/mol. The molecule has 0 aliphatic heterocycles. The normalized spacial score (nSPS) is 12.1. The van der Waals surface area contributed by atoms with E-state index in [0.717, 1.165) is 32.1 Å². The molecule has 0 unspecified atom stereocenters. The van der Waals surface area contributed by atoms with Crippen LogP contribution in [0.15, 0.2) is 48.5 Å². The summed E-state index contributed by atoms with van der Waals surface area (Å²) in [5, 5.41) is 0. The second-order valence-corrected chi connectivity index (χ2v) is 7.86. The Morgan fingerprint density at radius 2 is 1.10 bits per heavy atom. The van der Waals surface area contributed by atoms with E-state index in [0.29, 0.717) is 17.5 Å². The molecule has 0 amide bonds. The van der Waals surface area contributed by atoms with Gasteiger partial charge >= 0.3 is 12.0 Å². The van der Waals surface area contributed by atoms with Crippen LogP contribution in [0, 0.1) is 13.8 Å². The summed E-state index contributed by atoms with van der Waals surface area (Å²) in [4.78, 5) is 0. The molecular weight excluding hydrogens is 389 g/mol. The maximum Gasteiger partial charge on any atom is 0.468 e. The number of unbranched alkanes of at least 4 members (excludes halogenated alkanes) is 6. The standard InChI is InChI=1S/C25H33F3O2/c1-4-5-6-7-8-9-14-19-24(25(26,27)28,29-22-17-12-10-15-20(22)2)30-23-18-13-11-16-21(23)3/h10-13,15-18H,4-9,14,19H2,1-3H3. The average molecular weight is 423 g/mol. The highest BCUT2D eigenvalue weighted by Gasteiger charge is 2.60. The smallest absolute Gasteiger partial charge is 0.444 e. The average Bonchev–Trinajstić information content (AvgIpc) is 2.69. The molecule has 2 rings (SSSR count). The minimum absolute atomic E-state index is 0.186. The van der Waals surface area contributed by atoms with Crippen LogP contribution >= 0.6 is 0 Å². The van der Waals surface area contributed by atoms with Crippen LogP contribution in [0.5, 0.6) is 11.5 Å². The Bertz CT molecular complexity index is 723. The van der Waals surface area contributed by atoms with Crippen LogP contribution in [0.3, 0.4) is 0 Å². The van der Waals surface area contributed by atoms with Crippen molar-refractivity contribution in [3.05, 3.63) is 59.7 Å². The Morgan fingerprint density at radius 3 is 1.53 bits per heavy atom. The first-order valence-corrected chi connectivity index (χ1v) is 10.8. The molecule has 0 atom stereocenters. The van der Waals surface area contributed by atoms with E-state index in [1.165, 1.54) is 6.42 Å². The van der Waals surface area contributed by atoms with Gasteiger partial charge in [0.1, 0.15) is 11.5 Å². The van der Waals surface area contributed by atoms with Crippen LogP contribution < -0.4 is 9.47 Å². The Balaban J connectivity index is 2.25. The SMILES string of the molecule is CCCCCCCCCC(Oc1ccccc1C)(Oc1ccccc1C)C(F)(F)F. The summed E-state index contributed by atoms with van der Waals surface area (Å²) in [7, 11) is 0. The number of hydrogen-bond donors (Lipinski definition) is 0. The Kier molecular flexibility index (Phi) is 9.07. The molecule has 166 valence electrons. The lowest BCUT2D eigenvalue weighted by atomic mass is 10.0. The summed E-state index contributed by atoms with van der Waals surface area (Å²) < 4.78 is 54.6. The van der Waals surface area contributed by atoms with E-state index in [4.69, 9.17) is 9.47 Å². The fourth-order valence-electron chi connectivity index (χ4n) is 3.39. The largest absolute Gasteiger partial charge is 0.468 e. The van der Waals surface area contributed by atoms with Crippen molar-refractivity contribution >= 4 is 0 Å². The first kappa shape index (κ1) is 24.1. The van der Waals surface area contributed by atoms with Crippen molar-refractivity contribution in [2.75, 3.05) is 0 Å². The van der Waals surface area contributed by atoms with Gasteiger partial charge in [-0.15, -0.1) is 0 Å². The lowest BCUT2D eigenvalue weighted by molar-refractivity contribution is -0.325. The molecule has 0 saturated carbocycles. The molecule has 0 aliphatic rings. The van der Waals surface area contributed by atoms with Crippen LogP contribution in [0.25, 0.3) is 0 Å². The molecule has 0 fully saturated rings. The van der Waals surface area contributed by atoms with Crippen molar-refractivity contribution in [2.24, 2.45) is 0 Å². The molecule has 0 aliphatic carbocycles. The van der Waals surface area contributed by atoms with Gasteiger partial charge < -0.3 is 9.47 Å². The summed E-state index contributed by atoms with van der Waals surface area (Å²) in [6, 6.07) is 13.5. The van der Waals surface area contributed by atoms with Crippen LogP contribution in [0.1, 0.15) is 69.4 Å². The minimum Gasteiger partial charge on any atom is -0.444 e. The van der Waals surface area contributed by atoms with E-state index in [9.17, 15) is 13.2 Å². The third-order valence-electron chi connectivity index (χ3n) is 5.28. The molecule has 5 heteroatoms. The highest BCUT2D eigenvalue weighted by molar-refractivity contribution is 5.34. The zero-order valence-corrected chi connectivity index (χ0v) is 18.2. The van der Waals surface area contributed by atoms with Crippen molar-refractivity contribution in [1.82, 2.24) is 0 Å². The van der Waals surface area contributed by atoms with Crippen molar-refractivity contribution in [3.63, 3.8) is 0 Å². The monoisotopic (exact) mass is 422 g/mol. The van der Waals surface area contributed by atoms with Gasteiger partial charge in [-0.25, -0.2) is 0 Å². The van der Waals surface area contributed by atoms with Crippen LogP contribution in [0.4, 0.5) is 13.2 Å². The number of rotatable bonds is 12. The lowest BCUT2D eigenvalue weighted by Gasteiger charge is -2.37. The van der Waals surface area contributed by atoms with E-state index in [1.54, 1.807) is 62.4 Å². The number of benzene rings is 2. The molecule has 0 spiro atoms. The first-order valence-electron chi connectivity index (χ1n) is 10.8. The van der Waals surface area contributed by atoms with Crippen molar-refractivity contribution in [2.45, 2.75) is 84.1 Å². The maximum absolute atomic E-state index is 14.4. The second kappa shape index (κ2) is 11.3. The fourth-order valence-corrected chi connectivity index (χ4v) is 3.39. The quantitative estimate of drug-likeness (QED) is 0.254. The fraction of sp³-hybridized carbons (Fsp3) is 0.520. The third kappa shape index (κ3) is 6.68. The number of aryl methyl sites for hydroxylation is 2. The highest BCUT2D eigenvalue weighted by atomic mass is 19.4. The molecule has 0 N–H and O–H groups in total. The molecule has 2 aromatic carbocycles. The van der Waals surface area contributed by atoms with Gasteiger partial charge in [0.25, 0.3) is 0 Å². The van der Waals surface area contributed by atoms with Gasteiger partial charge in [0.2, 0.25) is 0 Å². The van der Waals surface area contributed by atoms with Crippen LogP contribution in [0.2, 0.25) is 0 Å². The van der Waals surface area contributed by atoms with Gasteiger partial charge in [0.05, 0.1) is 0 Å². The molecular formula is C25H33F3O2. The number of halogens is 3. The van der Waals surface area contributed by atoms with Gasteiger partial charge in [-0.2, -0.15) is 13.2 Å². The Labute approximate surface area is 178 Å². The molecule has 0 radical (unpaired) electrons. The van der Waals surface area contributed by atoms with Gasteiger partial charge in [-0.3, -0.25) is 0 Å². The first-order chi connectivity index (χ1) is 14.3. The van der Waals surface area contributed by atoms with Crippen molar-refractivity contribution in [1.29, 1.82) is 0 Å². The van der Waals surface area contributed by atoms with Gasteiger partial charge in [-0.1, -0.05) is 81.8 Å².